The standard InChI is InChI=1S/C29H39NO5S/c1-19-5-7-20(8-6-19)27(31)30(21-9-11-22(12-10-21)35-23-14-16-34-18-23)25-17-24(13-15-29(2,3)4)36-26(25)28(32)33/h5,17,20-23H,6-12,14,16,18H2,1-4H3,(H,32,33)/t20-,21?,22?,23?/m0/s1. The highest BCUT2D eigenvalue weighted by molar-refractivity contribution is 7.15. The van der Waals surface area contributed by atoms with E-state index in [1.54, 1.807) is 0 Å². The van der Waals surface area contributed by atoms with Crippen LogP contribution in [0.3, 0.4) is 0 Å². The summed E-state index contributed by atoms with van der Waals surface area (Å²) in [7, 11) is 0. The molecule has 0 spiro atoms. The third kappa shape index (κ3) is 6.79. The van der Waals surface area contributed by atoms with Crippen molar-refractivity contribution in [3.05, 3.63) is 27.5 Å². The predicted octanol–water partition coefficient (Wildman–Crippen LogP) is 6.04. The highest BCUT2D eigenvalue weighted by atomic mass is 32.1. The van der Waals surface area contributed by atoms with Crippen LogP contribution in [-0.2, 0) is 14.3 Å². The van der Waals surface area contributed by atoms with Crippen molar-refractivity contribution in [2.45, 2.75) is 97.3 Å². The number of thiophene rings is 1. The van der Waals surface area contributed by atoms with Gasteiger partial charge in [-0.2, -0.15) is 0 Å². The predicted molar refractivity (Wildman–Crippen MR) is 143 cm³/mol. The van der Waals surface area contributed by atoms with Crippen molar-refractivity contribution in [1.29, 1.82) is 0 Å². The largest absolute Gasteiger partial charge is 0.477 e. The average molecular weight is 514 g/mol. The molecule has 2 atom stereocenters. The van der Waals surface area contributed by atoms with Crippen LogP contribution in [0, 0.1) is 23.2 Å². The monoisotopic (exact) mass is 513 g/mol. The molecule has 0 radical (unpaired) electrons. The number of ether oxygens (including phenoxy) is 2. The van der Waals surface area contributed by atoms with Gasteiger partial charge in [-0.15, -0.1) is 11.3 Å². The second-order valence-electron chi connectivity index (χ2n) is 11.4. The molecule has 2 heterocycles. The van der Waals surface area contributed by atoms with Crippen LogP contribution in [0.2, 0.25) is 0 Å². The van der Waals surface area contributed by atoms with E-state index in [2.05, 4.69) is 24.8 Å². The number of rotatable bonds is 6. The fraction of sp³-hybridized carbons (Fsp3) is 0.655. The van der Waals surface area contributed by atoms with E-state index in [0.717, 1.165) is 51.6 Å². The Morgan fingerprint density at radius 1 is 1.14 bits per heavy atom. The van der Waals surface area contributed by atoms with Crippen LogP contribution in [0.5, 0.6) is 0 Å². The third-order valence-electron chi connectivity index (χ3n) is 7.23. The summed E-state index contributed by atoms with van der Waals surface area (Å²) in [5.74, 6) is 5.28. The Labute approximate surface area is 219 Å². The van der Waals surface area contributed by atoms with Gasteiger partial charge in [0.1, 0.15) is 4.88 Å². The zero-order valence-corrected chi connectivity index (χ0v) is 22.8. The van der Waals surface area contributed by atoms with E-state index in [1.165, 1.54) is 16.9 Å². The highest BCUT2D eigenvalue weighted by Crippen LogP contribution is 2.38. The van der Waals surface area contributed by atoms with Gasteiger partial charge in [-0.05, 0) is 85.1 Å². The molecule has 1 unspecified atom stereocenters. The van der Waals surface area contributed by atoms with Crippen LogP contribution in [0.1, 0.15) is 93.6 Å². The van der Waals surface area contributed by atoms with Crippen LogP contribution < -0.4 is 4.90 Å². The van der Waals surface area contributed by atoms with Crippen molar-refractivity contribution in [1.82, 2.24) is 0 Å². The smallest absolute Gasteiger partial charge is 0.348 e. The Morgan fingerprint density at radius 3 is 2.47 bits per heavy atom. The zero-order chi connectivity index (χ0) is 25.9. The Hall–Kier alpha value is -2.14. The van der Waals surface area contributed by atoms with Crippen molar-refractivity contribution in [3.63, 3.8) is 0 Å². The lowest BCUT2D eigenvalue weighted by atomic mass is 9.86. The van der Waals surface area contributed by atoms with E-state index in [-0.39, 0.29) is 40.4 Å². The first-order valence-corrected chi connectivity index (χ1v) is 14.0. The van der Waals surface area contributed by atoms with Crippen LogP contribution in [0.25, 0.3) is 0 Å². The van der Waals surface area contributed by atoms with Gasteiger partial charge in [0, 0.05) is 24.0 Å². The number of nitrogens with zero attached hydrogens (tertiary/aromatic N) is 1. The number of allylic oxidation sites excluding steroid dienone is 2. The SMILES string of the molecule is CC1=CC[C@H](C(=O)N(c2cc(C#CC(C)(C)C)sc2C(=O)O)C2CCC(OC3CCOC3)CC2)CC1. The van der Waals surface area contributed by atoms with Gasteiger partial charge in [-0.3, -0.25) is 4.79 Å². The Kier molecular flexibility index (Phi) is 8.59. The number of carboxylic acid groups (broad SMARTS) is 1. The van der Waals surface area contributed by atoms with E-state index in [9.17, 15) is 14.7 Å². The fourth-order valence-electron chi connectivity index (χ4n) is 5.24. The molecule has 1 aliphatic heterocycles. The van der Waals surface area contributed by atoms with E-state index < -0.39 is 5.97 Å². The van der Waals surface area contributed by atoms with Gasteiger partial charge in [0.05, 0.1) is 29.4 Å². The molecule has 6 nitrogen and oxygen atoms in total. The number of amides is 1. The number of anilines is 1. The summed E-state index contributed by atoms with van der Waals surface area (Å²) in [6.07, 6.45) is 9.17. The summed E-state index contributed by atoms with van der Waals surface area (Å²) < 4.78 is 11.7. The molecule has 2 fully saturated rings. The molecule has 1 saturated heterocycles. The van der Waals surface area contributed by atoms with Crippen LogP contribution in [-0.4, -0.2) is 48.4 Å². The van der Waals surface area contributed by atoms with Crippen molar-refractivity contribution < 1.29 is 24.2 Å². The average Bonchev–Trinajstić information content (AvgIpc) is 3.49. The van der Waals surface area contributed by atoms with Crippen LogP contribution >= 0.6 is 11.3 Å². The quantitative estimate of drug-likeness (QED) is 0.371. The van der Waals surface area contributed by atoms with Crippen LogP contribution in [0.15, 0.2) is 17.7 Å². The van der Waals surface area contributed by atoms with Gasteiger partial charge in [0.15, 0.2) is 0 Å². The molecule has 1 saturated carbocycles. The second kappa shape index (κ2) is 11.5. The second-order valence-corrected chi connectivity index (χ2v) is 12.5. The number of hydrogen-bond acceptors (Lipinski definition) is 5. The summed E-state index contributed by atoms with van der Waals surface area (Å²) in [6, 6.07) is 1.79. The first-order valence-electron chi connectivity index (χ1n) is 13.2. The minimum Gasteiger partial charge on any atom is -0.477 e. The Bertz CT molecular complexity index is 1040. The van der Waals surface area contributed by atoms with Crippen molar-refractivity contribution in [2.24, 2.45) is 11.3 Å². The maximum Gasteiger partial charge on any atom is 0.348 e. The first-order chi connectivity index (χ1) is 17.1. The van der Waals surface area contributed by atoms with Gasteiger partial charge < -0.3 is 19.5 Å². The number of aromatic carboxylic acids is 1. The lowest BCUT2D eigenvalue weighted by Gasteiger charge is -2.39. The van der Waals surface area contributed by atoms with Gasteiger partial charge >= 0.3 is 5.97 Å². The molecule has 1 N–H and O–H groups in total. The van der Waals surface area contributed by atoms with Gasteiger partial charge in [-0.1, -0.05) is 23.5 Å². The van der Waals surface area contributed by atoms with Gasteiger partial charge in [0.25, 0.3) is 0 Å². The molecule has 36 heavy (non-hydrogen) atoms. The lowest BCUT2D eigenvalue weighted by Crippen LogP contribution is -2.47. The maximum absolute atomic E-state index is 14.0. The van der Waals surface area contributed by atoms with E-state index in [0.29, 0.717) is 23.6 Å². The van der Waals surface area contributed by atoms with E-state index in [1.807, 2.05) is 31.7 Å². The lowest BCUT2D eigenvalue weighted by molar-refractivity contribution is -0.123. The number of carboxylic acids is 1. The molecular formula is C29H39NO5S. The topological polar surface area (TPSA) is 76.1 Å². The normalized spacial score (nSPS) is 26.6. The summed E-state index contributed by atoms with van der Waals surface area (Å²) in [5, 5.41) is 10.1. The summed E-state index contributed by atoms with van der Waals surface area (Å²) >= 11 is 1.17. The molecule has 7 heteroatoms. The summed E-state index contributed by atoms with van der Waals surface area (Å²) in [6.45, 7) is 9.61. The number of carbonyl (C=O) groups is 2. The Balaban J connectivity index is 1.61. The summed E-state index contributed by atoms with van der Waals surface area (Å²) in [5.41, 5.74) is 1.63. The molecular weight excluding hydrogens is 474 g/mol. The third-order valence-corrected chi connectivity index (χ3v) is 8.26. The maximum atomic E-state index is 14.0. The molecule has 0 aromatic carbocycles. The van der Waals surface area contributed by atoms with Gasteiger partial charge in [-0.25, -0.2) is 4.79 Å². The highest BCUT2D eigenvalue weighted by Gasteiger charge is 2.37. The zero-order valence-electron chi connectivity index (χ0n) is 22.0. The van der Waals surface area contributed by atoms with Crippen molar-refractivity contribution in [3.8, 4) is 11.8 Å². The fourth-order valence-corrected chi connectivity index (χ4v) is 6.08. The molecule has 1 aromatic rings. The molecule has 4 rings (SSSR count). The molecule has 1 aromatic heterocycles. The molecule has 3 aliphatic rings. The Morgan fingerprint density at radius 2 is 1.89 bits per heavy atom. The minimum absolute atomic E-state index is 0.0414. The number of carbonyl (C=O) groups excluding carboxylic acids is 1. The molecule has 1 amide bonds. The first kappa shape index (κ1) is 26.9. The minimum atomic E-state index is -1.01. The summed E-state index contributed by atoms with van der Waals surface area (Å²) in [4.78, 5) is 29.0. The van der Waals surface area contributed by atoms with E-state index in [4.69, 9.17) is 9.47 Å². The van der Waals surface area contributed by atoms with E-state index >= 15 is 0 Å². The van der Waals surface area contributed by atoms with Gasteiger partial charge in [0.2, 0.25) is 5.91 Å². The molecule has 2 aliphatic carbocycles. The van der Waals surface area contributed by atoms with Crippen molar-refractivity contribution >= 4 is 28.9 Å². The molecule has 0 bridgehead atoms. The number of hydrogen-bond donors (Lipinski definition) is 1. The molecule has 196 valence electrons. The van der Waals surface area contributed by atoms with Crippen molar-refractivity contribution in [2.75, 3.05) is 18.1 Å². The van der Waals surface area contributed by atoms with Crippen LogP contribution in [0.4, 0.5) is 5.69 Å².